The van der Waals surface area contributed by atoms with E-state index in [1.807, 2.05) is 11.3 Å². The van der Waals surface area contributed by atoms with Gasteiger partial charge < -0.3 is 4.90 Å². The van der Waals surface area contributed by atoms with Crippen molar-refractivity contribution in [1.29, 1.82) is 0 Å². The highest BCUT2D eigenvalue weighted by molar-refractivity contribution is 7.26. The third-order valence-corrected chi connectivity index (χ3v) is 12.8. The fraction of sp³-hybridized carbons (Fsp3) is 0. The van der Waals surface area contributed by atoms with E-state index < -0.39 is 0 Å². The maximum absolute atomic E-state index is 2.44. The van der Waals surface area contributed by atoms with Gasteiger partial charge in [-0.15, -0.1) is 11.3 Å². The first-order valence-corrected chi connectivity index (χ1v) is 21.3. The Hall–Kier alpha value is -7.52. The number of fused-ring (bicyclic) bond motifs is 5. The Morgan fingerprint density at radius 1 is 0.283 bits per heavy atom. The van der Waals surface area contributed by atoms with Gasteiger partial charge in [-0.05, 0) is 110 Å². The molecule has 2 heteroatoms. The number of benzene rings is 10. The van der Waals surface area contributed by atoms with Crippen molar-refractivity contribution in [2.75, 3.05) is 4.90 Å². The Morgan fingerprint density at radius 2 is 0.717 bits per heavy atom. The fourth-order valence-corrected chi connectivity index (χ4v) is 9.97. The van der Waals surface area contributed by atoms with Crippen LogP contribution < -0.4 is 4.90 Å². The van der Waals surface area contributed by atoms with Gasteiger partial charge in [0.25, 0.3) is 0 Å². The van der Waals surface area contributed by atoms with Gasteiger partial charge in [0, 0.05) is 42.3 Å². The molecule has 0 saturated heterocycles. The summed E-state index contributed by atoms with van der Waals surface area (Å²) in [6, 6.07) is 86.0. The molecule has 11 aromatic rings. The molecule has 0 amide bonds. The number of thiophene rings is 1. The molecule has 0 saturated carbocycles. The van der Waals surface area contributed by atoms with E-state index in [0.717, 1.165) is 17.1 Å². The van der Waals surface area contributed by atoms with E-state index in [2.05, 4.69) is 241 Å². The number of para-hydroxylation sites is 1. The van der Waals surface area contributed by atoms with Crippen molar-refractivity contribution >= 4 is 59.3 Å². The zero-order valence-corrected chi connectivity index (χ0v) is 33.7. The molecule has 0 N–H and O–H groups in total. The van der Waals surface area contributed by atoms with Crippen molar-refractivity contribution in [2.24, 2.45) is 0 Å². The van der Waals surface area contributed by atoms with E-state index >= 15 is 0 Å². The molecule has 0 fully saturated rings. The Bertz CT molecular complexity index is 3200. The summed E-state index contributed by atoms with van der Waals surface area (Å²) in [5, 5.41) is 5.06. The number of rotatable bonds is 8. The highest BCUT2D eigenvalue weighted by atomic mass is 32.1. The van der Waals surface area contributed by atoms with Crippen LogP contribution in [0.2, 0.25) is 0 Å². The third-order valence-electron chi connectivity index (χ3n) is 11.6. The molecule has 0 bridgehead atoms. The van der Waals surface area contributed by atoms with Crippen molar-refractivity contribution in [3.8, 4) is 55.6 Å². The van der Waals surface area contributed by atoms with Crippen molar-refractivity contribution in [2.45, 2.75) is 0 Å². The summed E-state index contributed by atoms with van der Waals surface area (Å²) >= 11 is 1.89. The SMILES string of the molecule is c1ccc(-c2ccc(N(c3ccccc3)c3cc4c(sc5cccc(-c6ccc(-c7cc(-c8ccccc8)cc(-c8ccccc8)c7)cc6)c54)c4ccccc34)cc2)cc1. The lowest BCUT2D eigenvalue weighted by molar-refractivity contribution is 1.30. The predicted molar refractivity (Wildman–Crippen MR) is 259 cm³/mol. The van der Waals surface area contributed by atoms with Crippen LogP contribution in [-0.2, 0) is 0 Å². The molecule has 0 aliphatic heterocycles. The minimum absolute atomic E-state index is 1.12. The summed E-state index contributed by atoms with van der Waals surface area (Å²) in [5.74, 6) is 0. The van der Waals surface area contributed by atoms with Crippen LogP contribution >= 0.6 is 11.3 Å². The van der Waals surface area contributed by atoms with E-state index in [0.29, 0.717) is 0 Å². The molecule has 10 aromatic carbocycles. The Balaban J connectivity index is 1.05. The molecule has 60 heavy (non-hydrogen) atoms. The largest absolute Gasteiger partial charge is 0.310 e. The molecule has 1 aromatic heterocycles. The summed E-state index contributed by atoms with van der Waals surface area (Å²) in [6.07, 6.45) is 0. The summed E-state index contributed by atoms with van der Waals surface area (Å²) < 4.78 is 2.60. The molecule has 0 aliphatic carbocycles. The predicted octanol–water partition coefficient (Wildman–Crippen LogP) is 17.0. The molecule has 1 nitrogen and oxygen atoms in total. The molecule has 11 rings (SSSR count). The Morgan fingerprint density at radius 3 is 1.30 bits per heavy atom. The molecule has 1 heterocycles. The van der Waals surface area contributed by atoms with Crippen LogP contribution in [0.5, 0.6) is 0 Å². The quantitative estimate of drug-likeness (QED) is 0.148. The van der Waals surface area contributed by atoms with Crippen LogP contribution in [0.15, 0.2) is 237 Å². The minimum atomic E-state index is 1.12. The van der Waals surface area contributed by atoms with Gasteiger partial charge in [-0.3, -0.25) is 0 Å². The van der Waals surface area contributed by atoms with Gasteiger partial charge in [0.15, 0.2) is 0 Å². The van der Waals surface area contributed by atoms with Crippen molar-refractivity contribution in [1.82, 2.24) is 0 Å². The monoisotopic (exact) mass is 781 g/mol. The van der Waals surface area contributed by atoms with Crippen LogP contribution in [0.3, 0.4) is 0 Å². The second kappa shape index (κ2) is 15.3. The first-order valence-electron chi connectivity index (χ1n) is 20.5. The van der Waals surface area contributed by atoms with Crippen LogP contribution in [0.4, 0.5) is 17.1 Å². The first kappa shape index (κ1) is 35.6. The molecular formula is C58H39NS. The number of nitrogens with zero attached hydrogens (tertiary/aromatic N) is 1. The van der Waals surface area contributed by atoms with Crippen molar-refractivity contribution < 1.29 is 0 Å². The van der Waals surface area contributed by atoms with E-state index in [1.165, 1.54) is 86.6 Å². The molecule has 0 aliphatic rings. The summed E-state index contributed by atoms with van der Waals surface area (Å²) in [7, 11) is 0. The number of anilines is 3. The van der Waals surface area contributed by atoms with Gasteiger partial charge in [0.1, 0.15) is 0 Å². The van der Waals surface area contributed by atoms with Gasteiger partial charge in [0.2, 0.25) is 0 Å². The third kappa shape index (κ3) is 6.54. The van der Waals surface area contributed by atoms with Crippen LogP contribution in [-0.4, -0.2) is 0 Å². The van der Waals surface area contributed by atoms with Crippen molar-refractivity contribution in [3.63, 3.8) is 0 Å². The lowest BCUT2D eigenvalue weighted by Gasteiger charge is -2.27. The highest BCUT2D eigenvalue weighted by Crippen LogP contribution is 2.48. The van der Waals surface area contributed by atoms with Crippen LogP contribution in [0.25, 0.3) is 86.6 Å². The smallest absolute Gasteiger partial charge is 0.0547 e. The molecule has 0 unspecified atom stereocenters. The van der Waals surface area contributed by atoms with E-state index in [9.17, 15) is 0 Å². The summed E-state index contributed by atoms with van der Waals surface area (Å²) in [4.78, 5) is 2.42. The minimum Gasteiger partial charge on any atom is -0.310 e. The van der Waals surface area contributed by atoms with E-state index in [1.54, 1.807) is 0 Å². The van der Waals surface area contributed by atoms with Gasteiger partial charge in [-0.2, -0.15) is 0 Å². The van der Waals surface area contributed by atoms with Crippen LogP contribution in [0, 0.1) is 0 Å². The van der Waals surface area contributed by atoms with Gasteiger partial charge in [-0.25, -0.2) is 0 Å². The van der Waals surface area contributed by atoms with Gasteiger partial charge in [-0.1, -0.05) is 182 Å². The van der Waals surface area contributed by atoms with E-state index in [-0.39, 0.29) is 0 Å². The number of hydrogen-bond acceptors (Lipinski definition) is 2. The average molecular weight is 782 g/mol. The molecule has 0 atom stereocenters. The normalized spacial score (nSPS) is 11.3. The van der Waals surface area contributed by atoms with Gasteiger partial charge >= 0.3 is 0 Å². The molecule has 282 valence electrons. The fourth-order valence-electron chi connectivity index (χ4n) is 8.72. The average Bonchev–Trinajstić information content (AvgIpc) is 3.72. The lowest BCUT2D eigenvalue weighted by atomic mass is 9.92. The Labute approximate surface area is 354 Å². The second-order valence-electron chi connectivity index (χ2n) is 15.3. The Kier molecular flexibility index (Phi) is 9.11. The summed E-state index contributed by atoms with van der Waals surface area (Å²) in [5.41, 5.74) is 15.5. The molecular weight excluding hydrogens is 743 g/mol. The highest BCUT2D eigenvalue weighted by Gasteiger charge is 2.21. The first-order chi connectivity index (χ1) is 29.7. The second-order valence-corrected chi connectivity index (χ2v) is 16.3. The molecule has 0 radical (unpaired) electrons. The van der Waals surface area contributed by atoms with Crippen molar-refractivity contribution in [3.05, 3.63) is 237 Å². The standard InChI is InChI=1S/C58H39NS/c1-5-16-40(17-6-1)43-32-34-50(35-33-43)59(49-22-11-4-12-23-49)55-39-54-57-51(26-15-27-56(57)60-58(54)53-25-14-13-24-52(53)55)45-30-28-44(29-31-45)48-37-46(41-18-7-2-8-19-41)36-47(38-48)42-20-9-3-10-21-42/h1-39H. The van der Waals surface area contributed by atoms with Crippen LogP contribution in [0.1, 0.15) is 0 Å². The zero-order valence-electron chi connectivity index (χ0n) is 32.9. The summed E-state index contributed by atoms with van der Waals surface area (Å²) in [6.45, 7) is 0. The lowest BCUT2D eigenvalue weighted by Crippen LogP contribution is -2.10. The topological polar surface area (TPSA) is 3.24 Å². The van der Waals surface area contributed by atoms with E-state index in [4.69, 9.17) is 0 Å². The molecule has 0 spiro atoms. The maximum atomic E-state index is 2.44. The maximum Gasteiger partial charge on any atom is 0.0547 e. The van der Waals surface area contributed by atoms with Gasteiger partial charge in [0.05, 0.1) is 5.69 Å². The number of hydrogen-bond donors (Lipinski definition) is 0. The zero-order chi connectivity index (χ0) is 39.8.